The van der Waals surface area contributed by atoms with Gasteiger partial charge in [0.05, 0.1) is 34.9 Å². The molecule has 3 amide bonds. The molecule has 8 rings (SSSR count). The number of ether oxygens (including phenoxy) is 2. The van der Waals surface area contributed by atoms with Crippen molar-refractivity contribution in [1.82, 2.24) is 29.2 Å². The molecule has 5 heterocycles. The molecule has 4 aliphatic rings. The predicted octanol–water partition coefficient (Wildman–Crippen LogP) is 7.93. The maximum absolute atomic E-state index is 15.0. The van der Waals surface area contributed by atoms with E-state index in [4.69, 9.17) is 42.6 Å². The molecule has 4 aromatic rings. The number of nitrogens with zero attached hydrogens (tertiary/aromatic N) is 4. The minimum absolute atomic E-state index is 0.0268. The largest absolute Gasteiger partial charge is 0.496 e. The molecule has 3 fully saturated rings. The molecule has 0 unspecified atom stereocenters. The van der Waals surface area contributed by atoms with Crippen molar-refractivity contribution in [3.63, 3.8) is 0 Å². The number of halogens is 3. The summed E-state index contributed by atoms with van der Waals surface area (Å²) in [7, 11) is -2.58. The summed E-state index contributed by atoms with van der Waals surface area (Å²) in [6, 6.07) is 6.05. The number of carbonyl (C=O) groups excluding carboxylic acids is 3. The second-order valence-electron chi connectivity index (χ2n) is 17.3. The number of methoxy groups -OCH3 is 1. The van der Waals surface area contributed by atoms with Crippen LogP contribution in [0.2, 0.25) is 10.0 Å². The maximum Gasteiger partial charge on any atom is 0.303 e. The first-order valence-corrected chi connectivity index (χ1v) is 24.8. The molecule has 2 aromatic heterocycles. The summed E-state index contributed by atoms with van der Waals surface area (Å²) in [4.78, 5) is 55.2. The number of benzene rings is 2. The first kappa shape index (κ1) is 46.0. The quantitative estimate of drug-likeness (QED) is 0.105. The third-order valence-corrected chi connectivity index (χ3v) is 15.7. The van der Waals surface area contributed by atoms with E-state index in [2.05, 4.69) is 29.2 Å². The number of rotatable bonds is 10. The molecule has 1 saturated carbocycles. The molecule has 0 spiro atoms. The lowest BCUT2D eigenvalue weighted by atomic mass is 10.0. The van der Waals surface area contributed by atoms with Gasteiger partial charge in [-0.3, -0.25) is 14.4 Å². The Morgan fingerprint density at radius 2 is 1.84 bits per heavy atom. The van der Waals surface area contributed by atoms with Crippen LogP contribution in [0, 0.1) is 18.7 Å². The molecule has 3 N–H and O–H groups in total. The van der Waals surface area contributed by atoms with Crippen LogP contribution in [0.4, 0.5) is 10.1 Å². The van der Waals surface area contributed by atoms with Gasteiger partial charge in [-0.05, 0) is 75.6 Å². The van der Waals surface area contributed by atoms with Gasteiger partial charge >= 0.3 is 10.2 Å². The van der Waals surface area contributed by atoms with Crippen molar-refractivity contribution < 1.29 is 36.7 Å². The molecule has 0 bridgehead atoms. The van der Waals surface area contributed by atoms with Crippen LogP contribution in [0.25, 0.3) is 21.6 Å². The first-order valence-electron chi connectivity index (χ1n) is 21.7. The highest BCUT2D eigenvalue weighted by Gasteiger charge is 2.62. The van der Waals surface area contributed by atoms with Crippen LogP contribution in [0.1, 0.15) is 88.8 Å². The molecule has 342 valence electrons. The number of pyridine rings is 1. The van der Waals surface area contributed by atoms with E-state index in [-0.39, 0.29) is 41.0 Å². The number of hydrogen-bond acceptors (Lipinski definition) is 11. The smallest absolute Gasteiger partial charge is 0.303 e. The minimum atomic E-state index is -4.17. The Morgan fingerprint density at radius 3 is 2.56 bits per heavy atom. The summed E-state index contributed by atoms with van der Waals surface area (Å²) in [5.74, 6) is -1.85. The van der Waals surface area contributed by atoms with E-state index in [0.29, 0.717) is 78.3 Å². The van der Waals surface area contributed by atoms with Crippen molar-refractivity contribution in [2.75, 3.05) is 32.1 Å². The van der Waals surface area contributed by atoms with Gasteiger partial charge in [0.25, 0.3) is 5.91 Å². The lowest BCUT2D eigenvalue weighted by Gasteiger charge is -2.30. The number of carbonyl (C=O) groups is 3. The van der Waals surface area contributed by atoms with Crippen LogP contribution in [0.15, 0.2) is 47.9 Å². The molecule has 3 aliphatic heterocycles. The van der Waals surface area contributed by atoms with E-state index in [9.17, 15) is 27.2 Å². The summed E-state index contributed by atoms with van der Waals surface area (Å²) in [6.07, 6.45) is 7.81. The third-order valence-electron chi connectivity index (χ3n) is 12.6. The number of fused-ring (bicyclic) bond motifs is 3. The van der Waals surface area contributed by atoms with Gasteiger partial charge in [-0.15, -0.1) is 11.3 Å². The highest BCUT2D eigenvalue weighted by Crippen LogP contribution is 2.46. The standard InChI is InChI=1S/C45H52Cl2FN7O7S2/c1-25(2)35-24-63-42(51-35)34-21-38(30-14-15-37(61-4)26(3)40(30)50-34)62-29-20-36-41(56)52-45(44(58)53-64(59,60)54-16-10-11-17-54)22-27(45)12-8-6-5-7-9-13-33(43(57)55(36)23-29)49-28-18-31(46)39(47)32(48)19-28/h8,12,14-15,18-19,21,24-25,27,29,33,36,49H,5-7,9-11,13,16-17,20,22-23H2,1-4H3,(H,52,56)(H,53,58)/t27-,29-,33+,36+,45-/m1/s1. The predicted molar refractivity (Wildman–Crippen MR) is 246 cm³/mol. The van der Waals surface area contributed by atoms with Gasteiger partial charge < -0.3 is 25.0 Å². The first-order chi connectivity index (χ1) is 30.6. The Morgan fingerprint density at radius 1 is 1.06 bits per heavy atom. The van der Waals surface area contributed by atoms with Gasteiger partial charge in [0.1, 0.15) is 51.7 Å². The Kier molecular flexibility index (Phi) is 13.5. The SMILES string of the molecule is COc1ccc2c(O[C@@H]3C[C@H]4C(=O)N[C@]5(C(=O)NS(=O)(=O)N6CCCC6)C[C@H]5C=CCCCCC[C@H](Nc5cc(F)c(Cl)c(Cl)c5)C(=O)N4C3)cc(-c3nc(C(C)C)cs3)nc2c1C. The highest BCUT2D eigenvalue weighted by atomic mass is 35.5. The fraction of sp³-hybridized carbons (Fsp3) is 0.489. The zero-order valence-corrected chi connectivity index (χ0v) is 39.2. The Balaban J connectivity index is 1.16. The minimum Gasteiger partial charge on any atom is -0.496 e. The van der Waals surface area contributed by atoms with Gasteiger partial charge in [0.15, 0.2) is 0 Å². The summed E-state index contributed by atoms with van der Waals surface area (Å²) in [6.45, 7) is 6.60. The zero-order chi connectivity index (χ0) is 45.5. The second-order valence-corrected chi connectivity index (χ2v) is 20.7. The lowest BCUT2D eigenvalue weighted by Crippen LogP contribution is -2.58. The van der Waals surface area contributed by atoms with Gasteiger partial charge in [0.2, 0.25) is 11.8 Å². The summed E-state index contributed by atoms with van der Waals surface area (Å²) < 4.78 is 57.5. The molecular formula is C45H52Cl2FN7O7S2. The van der Waals surface area contributed by atoms with Crippen molar-refractivity contribution in [3.05, 3.63) is 75.0 Å². The number of allylic oxidation sites excluding steroid dienone is 1. The molecular weight excluding hydrogens is 905 g/mol. The van der Waals surface area contributed by atoms with Crippen LogP contribution in [-0.2, 0) is 24.6 Å². The summed E-state index contributed by atoms with van der Waals surface area (Å²) in [5, 5.41) is 9.22. The van der Waals surface area contributed by atoms with E-state index >= 15 is 0 Å². The third kappa shape index (κ3) is 9.41. The zero-order valence-electron chi connectivity index (χ0n) is 36.1. The average Bonchev–Trinajstić information content (AvgIpc) is 3.77. The Hall–Kier alpha value is -4.55. The molecule has 14 nitrogen and oxygen atoms in total. The Labute approximate surface area is 386 Å². The van der Waals surface area contributed by atoms with Crippen molar-refractivity contribution in [2.24, 2.45) is 5.92 Å². The molecule has 64 heavy (non-hydrogen) atoms. The van der Waals surface area contributed by atoms with E-state index in [1.54, 1.807) is 7.11 Å². The molecule has 2 saturated heterocycles. The molecule has 2 aromatic carbocycles. The molecule has 1 aliphatic carbocycles. The number of nitrogens with one attached hydrogen (secondary N) is 3. The molecule has 5 atom stereocenters. The number of anilines is 1. The Bertz CT molecular complexity index is 2580. The maximum atomic E-state index is 15.0. The van der Waals surface area contributed by atoms with E-state index in [1.807, 2.05) is 42.7 Å². The number of thiazole rings is 1. The van der Waals surface area contributed by atoms with Crippen LogP contribution in [0.3, 0.4) is 0 Å². The van der Waals surface area contributed by atoms with Crippen LogP contribution < -0.4 is 24.8 Å². The van der Waals surface area contributed by atoms with Gasteiger partial charge in [-0.25, -0.2) is 19.1 Å². The normalized spacial score (nSPS) is 24.5. The number of amides is 3. The van der Waals surface area contributed by atoms with Crippen LogP contribution >= 0.6 is 34.5 Å². The summed E-state index contributed by atoms with van der Waals surface area (Å²) in [5.41, 5.74) is 1.60. The molecule has 0 radical (unpaired) electrons. The topological polar surface area (TPSA) is 172 Å². The van der Waals surface area contributed by atoms with Crippen LogP contribution in [-0.4, -0.2) is 95.8 Å². The summed E-state index contributed by atoms with van der Waals surface area (Å²) >= 11 is 13.8. The van der Waals surface area contributed by atoms with Gasteiger partial charge in [0, 0.05) is 53.5 Å². The second kappa shape index (κ2) is 18.7. The van der Waals surface area contributed by atoms with Crippen molar-refractivity contribution in [1.29, 1.82) is 0 Å². The number of aryl methyl sites for hydroxylation is 1. The van der Waals surface area contributed by atoms with Crippen molar-refractivity contribution >= 4 is 79.1 Å². The fourth-order valence-corrected chi connectivity index (χ4v) is 11.4. The van der Waals surface area contributed by atoms with Crippen LogP contribution in [0.5, 0.6) is 11.5 Å². The monoisotopic (exact) mass is 955 g/mol. The van der Waals surface area contributed by atoms with E-state index in [0.717, 1.165) is 24.1 Å². The van der Waals surface area contributed by atoms with Gasteiger partial charge in [-0.1, -0.05) is 62.0 Å². The lowest BCUT2D eigenvalue weighted by molar-refractivity contribution is -0.140. The fourth-order valence-electron chi connectivity index (χ4n) is 8.86. The molecule has 19 heteroatoms. The van der Waals surface area contributed by atoms with Gasteiger partial charge in [-0.2, -0.15) is 12.7 Å². The highest BCUT2D eigenvalue weighted by molar-refractivity contribution is 7.87. The number of hydrogen-bond donors (Lipinski definition) is 3. The average molecular weight is 957 g/mol. The van der Waals surface area contributed by atoms with E-state index in [1.165, 1.54) is 32.7 Å². The number of aromatic nitrogens is 2. The van der Waals surface area contributed by atoms with E-state index < -0.39 is 63.4 Å². The van der Waals surface area contributed by atoms with Crippen molar-refractivity contribution in [3.8, 4) is 22.2 Å². The van der Waals surface area contributed by atoms with Crippen molar-refractivity contribution in [2.45, 2.75) is 108 Å².